The predicted molar refractivity (Wildman–Crippen MR) is 97.5 cm³/mol. The second-order valence-corrected chi connectivity index (χ2v) is 7.74. The number of nitrogens with zero attached hydrogens (tertiary/aromatic N) is 1. The molecule has 0 saturated carbocycles. The van der Waals surface area contributed by atoms with Crippen LogP contribution in [0.1, 0.15) is 43.7 Å². The molecular formula is C21H30N2. The van der Waals surface area contributed by atoms with E-state index >= 15 is 0 Å². The highest BCUT2D eigenvalue weighted by atomic mass is 15.2. The minimum atomic E-state index is 0.750. The van der Waals surface area contributed by atoms with Crippen molar-refractivity contribution < 1.29 is 0 Å². The largest absolute Gasteiger partial charge is 0.316 e. The van der Waals surface area contributed by atoms with Crippen LogP contribution in [0.15, 0.2) is 30.3 Å². The van der Waals surface area contributed by atoms with Crippen LogP contribution in [0.4, 0.5) is 0 Å². The topological polar surface area (TPSA) is 15.3 Å². The highest BCUT2D eigenvalue weighted by Crippen LogP contribution is 2.38. The highest BCUT2D eigenvalue weighted by Gasteiger charge is 2.32. The summed E-state index contributed by atoms with van der Waals surface area (Å²) >= 11 is 0. The molecule has 2 heteroatoms. The standard InChI is InChI=1S/C21H30N2/c1-16-4-3-12-23(16)13-11-17-7-9-18(10-8-17)20-6-2-5-19-14-22-15-21(19)20/h6-10,16,19,21-22H,2-5,11-15H2,1H3/t16-,19?,21?/m1/s1. The Morgan fingerprint density at radius 3 is 2.78 bits per heavy atom. The Morgan fingerprint density at radius 1 is 1.13 bits per heavy atom. The second kappa shape index (κ2) is 6.78. The Hall–Kier alpha value is -1.12. The summed E-state index contributed by atoms with van der Waals surface area (Å²) in [6, 6.07) is 10.3. The zero-order valence-corrected chi connectivity index (χ0v) is 14.4. The number of benzene rings is 1. The van der Waals surface area contributed by atoms with Crippen molar-refractivity contribution in [3.63, 3.8) is 0 Å². The maximum absolute atomic E-state index is 3.58. The molecule has 0 amide bonds. The van der Waals surface area contributed by atoms with Crippen LogP contribution in [-0.4, -0.2) is 37.1 Å². The Labute approximate surface area is 141 Å². The van der Waals surface area contributed by atoms with E-state index in [1.54, 1.807) is 5.57 Å². The molecule has 3 atom stereocenters. The van der Waals surface area contributed by atoms with E-state index in [1.807, 2.05) is 0 Å². The van der Waals surface area contributed by atoms with Crippen LogP contribution >= 0.6 is 0 Å². The maximum atomic E-state index is 3.58. The molecule has 23 heavy (non-hydrogen) atoms. The van der Waals surface area contributed by atoms with Crippen LogP contribution in [0.25, 0.3) is 5.57 Å². The number of fused-ring (bicyclic) bond motifs is 1. The molecule has 0 bridgehead atoms. The third-order valence-electron chi connectivity index (χ3n) is 6.31. The van der Waals surface area contributed by atoms with Gasteiger partial charge in [0.15, 0.2) is 0 Å². The molecule has 2 aliphatic heterocycles. The minimum Gasteiger partial charge on any atom is -0.316 e. The van der Waals surface area contributed by atoms with Gasteiger partial charge in [0.2, 0.25) is 0 Å². The molecular weight excluding hydrogens is 280 g/mol. The number of hydrogen-bond acceptors (Lipinski definition) is 2. The molecule has 1 N–H and O–H groups in total. The number of nitrogens with one attached hydrogen (secondary N) is 1. The monoisotopic (exact) mass is 310 g/mol. The van der Waals surface area contributed by atoms with Crippen LogP contribution in [0, 0.1) is 11.8 Å². The van der Waals surface area contributed by atoms with Gasteiger partial charge in [-0.2, -0.15) is 0 Å². The summed E-state index contributed by atoms with van der Waals surface area (Å²) in [4.78, 5) is 2.65. The van der Waals surface area contributed by atoms with Gasteiger partial charge in [-0.15, -0.1) is 0 Å². The Kier molecular flexibility index (Phi) is 4.54. The van der Waals surface area contributed by atoms with Gasteiger partial charge in [0, 0.05) is 25.0 Å². The molecule has 2 fully saturated rings. The van der Waals surface area contributed by atoms with Crippen molar-refractivity contribution in [3.8, 4) is 0 Å². The summed E-state index contributed by atoms with van der Waals surface area (Å²) in [5.74, 6) is 1.62. The van der Waals surface area contributed by atoms with E-state index in [4.69, 9.17) is 0 Å². The molecule has 124 valence electrons. The molecule has 2 heterocycles. The normalized spacial score (nSPS) is 31.2. The van der Waals surface area contributed by atoms with Gasteiger partial charge in [0.05, 0.1) is 0 Å². The third kappa shape index (κ3) is 3.25. The first-order chi connectivity index (χ1) is 11.3. The zero-order chi connectivity index (χ0) is 15.6. The predicted octanol–water partition coefficient (Wildman–Crippen LogP) is 3.73. The van der Waals surface area contributed by atoms with E-state index in [0.717, 1.165) is 17.9 Å². The quantitative estimate of drug-likeness (QED) is 0.911. The first-order valence-corrected chi connectivity index (χ1v) is 9.55. The Balaban J connectivity index is 1.40. The summed E-state index contributed by atoms with van der Waals surface area (Å²) in [6.07, 6.45) is 9.07. The van der Waals surface area contributed by atoms with Crippen LogP contribution in [0.5, 0.6) is 0 Å². The first kappa shape index (κ1) is 15.4. The summed E-state index contributed by atoms with van der Waals surface area (Å²) in [5.41, 5.74) is 4.55. The lowest BCUT2D eigenvalue weighted by Gasteiger charge is -2.26. The van der Waals surface area contributed by atoms with Crippen molar-refractivity contribution >= 4 is 5.57 Å². The van der Waals surface area contributed by atoms with Crippen LogP contribution in [0.2, 0.25) is 0 Å². The van der Waals surface area contributed by atoms with Crippen molar-refractivity contribution in [2.24, 2.45) is 11.8 Å². The molecule has 1 aromatic rings. The van der Waals surface area contributed by atoms with Gasteiger partial charge in [0.25, 0.3) is 0 Å². The molecule has 4 rings (SSSR count). The molecule has 1 aliphatic carbocycles. The molecule has 2 saturated heterocycles. The van der Waals surface area contributed by atoms with Crippen molar-refractivity contribution in [1.82, 2.24) is 10.2 Å². The van der Waals surface area contributed by atoms with Crippen LogP contribution in [-0.2, 0) is 6.42 Å². The van der Waals surface area contributed by atoms with E-state index in [9.17, 15) is 0 Å². The fraction of sp³-hybridized carbons (Fsp3) is 0.619. The number of likely N-dealkylation sites (tertiary alicyclic amines) is 1. The summed E-state index contributed by atoms with van der Waals surface area (Å²) in [5, 5.41) is 3.58. The summed E-state index contributed by atoms with van der Waals surface area (Å²) in [6.45, 7) is 7.27. The third-order valence-corrected chi connectivity index (χ3v) is 6.31. The maximum Gasteiger partial charge on any atom is 0.00675 e. The van der Waals surface area contributed by atoms with E-state index in [2.05, 4.69) is 47.5 Å². The summed E-state index contributed by atoms with van der Waals surface area (Å²) < 4.78 is 0. The highest BCUT2D eigenvalue weighted by molar-refractivity contribution is 5.69. The van der Waals surface area contributed by atoms with Gasteiger partial charge in [-0.25, -0.2) is 0 Å². The van der Waals surface area contributed by atoms with Gasteiger partial charge in [0.1, 0.15) is 0 Å². The molecule has 2 nitrogen and oxygen atoms in total. The van der Waals surface area contributed by atoms with Gasteiger partial charge in [-0.1, -0.05) is 30.3 Å². The summed E-state index contributed by atoms with van der Waals surface area (Å²) in [7, 11) is 0. The van der Waals surface area contributed by atoms with Gasteiger partial charge in [-0.3, -0.25) is 0 Å². The molecule has 1 aromatic carbocycles. The van der Waals surface area contributed by atoms with Crippen molar-refractivity contribution in [2.75, 3.05) is 26.2 Å². The van der Waals surface area contributed by atoms with E-state index in [0.29, 0.717) is 0 Å². The molecule has 2 unspecified atom stereocenters. The molecule has 3 aliphatic rings. The number of allylic oxidation sites excluding steroid dienone is 1. The van der Waals surface area contributed by atoms with Crippen molar-refractivity contribution in [3.05, 3.63) is 41.5 Å². The van der Waals surface area contributed by atoms with Gasteiger partial charge >= 0.3 is 0 Å². The van der Waals surface area contributed by atoms with Gasteiger partial charge in [-0.05, 0) is 74.7 Å². The fourth-order valence-electron chi connectivity index (χ4n) is 4.80. The Morgan fingerprint density at radius 2 is 2.00 bits per heavy atom. The fourth-order valence-corrected chi connectivity index (χ4v) is 4.80. The number of rotatable bonds is 4. The van der Waals surface area contributed by atoms with E-state index in [1.165, 1.54) is 69.4 Å². The lowest BCUT2D eigenvalue weighted by molar-refractivity contribution is 0.272. The molecule has 0 spiro atoms. The van der Waals surface area contributed by atoms with E-state index in [-0.39, 0.29) is 0 Å². The average molecular weight is 310 g/mol. The van der Waals surface area contributed by atoms with Crippen LogP contribution < -0.4 is 5.32 Å². The average Bonchev–Trinajstić information content (AvgIpc) is 3.22. The van der Waals surface area contributed by atoms with Crippen LogP contribution in [0.3, 0.4) is 0 Å². The molecule has 0 radical (unpaired) electrons. The lowest BCUT2D eigenvalue weighted by atomic mass is 9.78. The SMILES string of the molecule is C[C@@H]1CCCN1CCc1ccc(C2=CCCC3CNCC23)cc1. The minimum absolute atomic E-state index is 0.750. The zero-order valence-electron chi connectivity index (χ0n) is 14.4. The van der Waals surface area contributed by atoms with Gasteiger partial charge < -0.3 is 10.2 Å². The lowest BCUT2D eigenvalue weighted by Crippen LogP contribution is -2.28. The first-order valence-electron chi connectivity index (χ1n) is 9.55. The van der Waals surface area contributed by atoms with Crippen molar-refractivity contribution in [2.45, 2.75) is 45.1 Å². The Bertz CT molecular complexity index is 560. The smallest absolute Gasteiger partial charge is 0.00675 e. The second-order valence-electron chi connectivity index (χ2n) is 7.74. The van der Waals surface area contributed by atoms with Crippen molar-refractivity contribution in [1.29, 1.82) is 0 Å². The number of hydrogen-bond donors (Lipinski definition) is 1. The molecule has 0 aromatic heterocycles. The van der Waals surface area contributed by atoms with E-state index < -0.39 is 0 Å².